The molecule has 2 aromatic rings. The topological polar surface area (TPSA) is 49.8 Å². The van der Waals surface area contributed by atoms with Crippen LogP contribution in [-0.2, 0) is 0 Å². The second kappa shape index (κ2) is 5.01. The normalized spacial score (nSPS) is 11.8. The van der Waals surface area contributed by atoms with E-state index in [1.165, 1.54) is 0 Å². The highest BCUT2D eigenvalue weighted by Crippen LogP contribution is 2.22. The van der Waals surface area contributed by atoms with Crippen molar-refractivity contribution in [3.05, 3.63) is 70.2 Å². The van der Waals surface area contributed by atoms with E-state index in [1.807, 2.05) is 36.4 Å². The molecular formula is C14H11ClN2. The number of nitriles is 1. The monoisotopic (exact) mass is 242 g/mol. The average molecular weight is 243 g/mol. The summed E-state index contributed by atoms with van der Waals surface area (Å²) >= 11 is 5.93. The molecule has 2 aromatic carbocycles. The summed E-state index contributed by atoms with van der Waals surface area (Å²) in [4.78, 5) is 0. The van der Waals surface area contributed by atoms with Crippen LogP contribution in [0.5, 0.6) is 0 Å². The number of nitrogens with zero attached hydrogens (tertiary/aromatic N) is 1. The lowest BCUT2D eigenvalue weighted by Gasteiger charge is -2.12. The number of halogens is 1. The molecule has 0 aliphatic carbocycles. The van der Waals surface area contributed by atoms with Crippen LogP contribution in [0.1, 0.15) is 22.7 Å². The van der Waals surface area contributed by atoms with Crippen molar-refractivity contribution in [2.24, 2.45) is 5.73 Å². The molecular weight excluding hydrogens is 232 g/mol. The maximum atomic E-state index is 8.85. The molecule has 0 radical (unpaired) electrons. The minimum absolute atomic E-state index is 0.262. The third kappa shape index (κ3) is 2.65. The molecule has 0 aliphatic rings. The summed E-state index contributed by atoms with van der Waals surface area (Å²) in [6, 6.07) is 16.6. The number of rotatable bonds is 2. The van der Waals surface area contributed by atoms with E-state index in [-0.39, 0.29) is 6.04 Å². The zero-order valence-corrected chi connectivity index (χ0v) is 9.85. The van der Waals surface area contributed by atoms with Crippen molar-refractivity contribution in [1.29, 1.82) is 5.26 Å². The highest BCUT2D eigenvalue weighted by Gasteiger charge is 2.09. The van der Waals surface area contributed by atoms with Crippen LogP contribution < -0.4 is 5.73 Å². The Morgan fingerprint density at radius 3 is 2.35 bits per heavy atom. The quantitative estimate of drug-likeness (QED) is 0.879. The molecule has 84 valence electrons. The molecule has 0 aromatic heterocycles. The Morgan fingerprint density at radius 1 is 1.06 bits per heavy atom. The Morgan fingerprint density at radius 2 is 1.71 bits per heavy atom. The van der Waals surface area contributed by atoms with E-state index in [9.17, 15) is 0 Å². The Labute approximate surface area is 105 Å². The molecule has 1 unspecified atom stereocenters. The predicted octanol–water partition coefficient (Wildman–Crippen LogP) is 3.26. The summed E-state index contributed by atoms with van der Waals surface area (Å²) in [6.07, 6.45) is 0. The van der Waals surface area contributed by atoms with Gasteiger partial charge in [-0.15, -0.1) is 0 Å². The first kappa shape index (κ1) is 11.7. The number of benzene rings is 2. The van der Waals surface area contributed by atoms with Crippen molar-refractivity contribution in [3.63, 3.8) is 0 Å². The molecule has 0 heterocycles. The van der Waals surface area contributed by atoms with Crippen LogP contribution >= 0.6 is 11.6 Å². The van der Waals surface area contributed by atoms with Crippen molar-refractivity contribution in [1.82, 2.24) is 0 Å². The van der Waals surface area contributed by atoms with Crippen LogP contribution in [0.4, 0.5) is 0 Å². The van der Waals surface area contributed by atoms with Gasteiger partial charge in [0.15, 0.2) is 0 Å². The molecule has 2 nitrogen and oxygen atoms in total. The standard InChI is InChI=1S/C14H11ClN2/c15-13-6-2-5-12(8-13)14(17)11-4-1-3-10(7-11)9-16/h1-8,14H,17H2. The van der Waals surface area contributed by atoms with Gasteiger partial charge in [-0.3, -0.25) is 0 Å². The zero-order chi connectivity index (χ0) is 12.3. The van der Waals surface area contributed by atoms with Crippen LogP contribution in [0.3, 0.4) is 0 Å². The van der Waals surface area contributed by atoms with Gasteiger partial charge < -0.3 is 5.73 Å². The van der Waals surface area contributed by atoms with Gasteiger partial charge in [0.1, 0.15) is 0 Å². The molecule has 0 fully saturated rings. The summed E-state index contributed by atoms with van der Waals surface area (Å²) in [5, 5.41) is 9.51. The van der Waals surface area contributed by atoms with E-state index in [4.69, 9.17) is 22.6 Å². The molecule has 0 bridgehead atoms. The molecule has 0 spiro atoms. The summed E-state index contributed by atoms with van der Waals surface area (Å²) in [5.74, 6) is 0. The van der Waals surface area contributed by atoms with E-state index >= 15 is 0 Å². The van der Waals surface area contributed by atoms with E-state index in [2.05, 4.69) is 6.07 Å². The molecule has 17 heavy (non-hydrogen) atoms. The van der Waals surface area contributed by atoms with E-state index in [0.29, 0.717) is 10.6 Å². The summed E-state index contributed by atoms with van der Waals surface area (Å²) < 4.78 is 0. The van der Waals surface area contributed by atoms with E-state index < -0.39 is 0 Å². The molecule has 0 saturated carbocycles. The minimum Gasteiger partial charge on any atom is -0.320 e. The van der Waals surface area contributed by atoms with Crippen LogP contribution in [0.2, 0.25) is 5.02 Å². The van der Waals surface area contributed by atoms with Crippen molar-refractivity contribution >= 4 is 11.6 Å². The van der Waals surface area contributed by atoms with Gasteiger partial charge in [0.2, 0.25) is 0 Å². The Bertz CT molecular complexity index is 572. The first-order valence-electron chi connectivity index (χ1n) is 5.22. The minimum atomic E-state index is -0.262. The van der Waals surface area contributed by atoms with Gasteiger partial charge >= 0.3 is 0 Å². The SMILES string of the molecule is N#Cc1cccc(C(N)c2cccc(Cl)c2)c1. The third-order valence-corrected chi connectivity index (χ3v) is 2.82. The molecule has 0 saturated heterocycles. The second-order valence-electron chi connectivity index (χ2n) is 3.77. The molecule has 2 N–H and O–H groups in total. The van der Waals surface area contributed by atoms with Crippen LogP contribution in [-0.4, -0.2) is 0 Å². The van der Waals surface area contributed by atoms with Crippen LogP contribution in [0.25, 0.3) is 0 Å². The maximum Gasteiger partial charge on any atom is 0.0991 e. The molecule has 0 aliphatic heterocycles. The highest BCUT2D eigenvalue weighted by atomic mass is 35.5. The Balaban J connectivity index is 2.37. The lowest BCUT2D eigenvalue weighted by molar-refractivity contribution is 0.871. The fourth-order valence-electron chi connectivity index (χ4n) is 1.69. The predicted molar refractivity (Wildman–Crippen MR) is 68.6 cm³/mol. The Kier molecular flexibility index (Phi) is 3.43. The van der Waals surface area contributed by atoms with Gasteiger partial charge in [0.25, 0.3) is 0 Å². The van der Waals surface area contributed by atoms with Crippen LogP contribution in [0, 0.1) is 11.3 Å². The number of hydrogen-bond donors (Lipinski definition) is 1. The highest BCUT2D eigenvalue weighted by molar-refractivity contribution is 6.30. The van der Waals surface area contributed by atoms with Gasteiger partial charge in [-0.25, -0.2) is 0 Å². The molecule has 2 rings (SSSR count). The van der Waals surface area contributed by atoms with E-state index in [1.54, 1.807) is 12.1 Å². The Hall–Kier alpha value is -1.82. The molecule has 0 amide bonds. The van der Waals surface area contributed by atoms with Gasteiger partial charge in [-0.2, -0.15) is 5.26 Å². The van der Waals surface area contributed by atoms with Gasteiger partial charge in [-0.1, -0.05) is 35.9 Å². The lowest BCUT2D eigenvalue weighted by atomic mass is 9.98. The fourth-order valence-corrected chi connectivity index (χ4v) is 1.89. The van der Waals surface area contributed by atoms with Gasteiger partial charge in [0.05, 0.1) is 17.7 Å². The largest absolute Gasteiger partial charge is 0.320 e. The maximum absolute atomic E-state index is 8.85. The number of nitrogens with two attached hydrogens (primary N) is 1. The van der Waals surface area contributed by atoms with Crippen molar-refractivity contribution < 1.29 is 0 Å². The third-order valence-electron chi connectivity index (χ3n) is 2.58. The first-order chi connectivity index (χ1) is 8.20. The summed E-state index contributed by atoms with van der Waals surface area (Å²) in [7, 11) is 0. The molecule has 1 atom stereocenters. The second-order valence-corrected chi connectivity index (χ2v) is 4.21. The summed E-state index contributed by atoms with van der Waals surface area (Å²) in [5.41, 5.74) is 8.60. The first-order valence-corrected chi connectivity index (χ1v) is 5.59. The van der Waals surface area contributed by atoms with Crippen molar-refractivity contribution in [2.75, 3.05) is 0 Å². The summed E-state index contributed by atoms with van der Waals surface area (Å²) in [6.45, 7) is 0. The van der Waals surface area contributed by atoms with Crippen LogP contribution in [0.15, 0.2) is 48.5 Å². The lowest BCUT2D eigenvalue weighted by Crippen LogP contribution is -2.11. The molecule has 3 heteroatoms. The van der Waals surface area contributed by atoms with Gasteiger partial charge in [0, 0.05) is 5.02 Å². The van der Waals surface area contributed by atoms with Crippen molar-refractivity contribution in [2.45, 2.75) is 6.04 Å². The fraction of sp³-hybridized carbons (Fsp3) is 0.0714. The van der Waals surface area contributed by atoms with Crippen molar-refractivity contribution in [3.8, 4) is 6.07 Å². The zero-order valence-electron chi connectivity index (χ0n) is 9.10. The van der Waals surface area contributed by atoms with E-state index in [0.717, 1.165) is 11.1 Å². The smallest absolute Gasteiger partial charge is 0.0991 e. The number of hydrogen-bond acceptors (Lipinski definition) is 2. The van der Waals surface area contributed by atoms with Gasteiger partial charge in [-0.05, 0) is 35.4 Å². The average Bonchev–Trinajstić information content (AvgIpc) is 2.38.